The molecule has 1 fully saturated rings. The molecule has 30 heavy (non-hydrogen) atoms. The van der Waals surface area contributed by atoms with Crippen LogP contribution in [0.1, 0.15) is 15.9 Å². The maximum atomic E-state index is 12.8. The number of amides is 1. The minimum atomic E-state index is 0.0307. The zero-order chi connectivity index (χ0) is 20.5. The highest BCUT2D eigenvalue weighted by atomic mass is 35.5. The zero-order valence-corrected chi connectivity index (χ0v) is 17.0. The highest BCUT2D eigenvalue weighted by Gasteiger charge is 2.27. The Hall–Kier alpha value is -3.31. The largest absolute Gasteiger partial charge is 0.454 e. The SMILES string of the molecule is O=C(c1ccc(Cl)cc1)N1CCN(C2=Nc3ccccc3Oc3ccccc32)CC1. The van der Waals surface area contributed by atoms with Gasteiger partial charge in [0.2, 0.25) is 0 Å². The molecule has 0 N–H and O–H groups in total. The molecule has 0 aromatic heterocycles. The molecule has 0 unspecified atom stereocenters. The van der Waals surface area contributed by atoms with E-state index in [-0.39, 0.29) is 5.91 Å². The lowest BCUT2D eigenvalue weighted by Crippen LogP contribution is -2.50. The van der Waals surface area contributed by atoms with Crippen LogP contribution in [-0.2, 0) is 0 Å². The normalized spacial score (nSPS) is 15.4. The molecular formula is C24H20ClN3O2. The van der Waals surface area contributed by atoms with E-state index in [0.29, 0.717) is 36.8 Å². The van der Waals surface area contributed by atoms with Crippen LogP contribution < -0.4 is 4.74 Å². The van der Waals surface area contributed by atoms with Crippen molar-refractivity contribution in [3.8, 4) is 11.5 Å². The van der Waals surface area contributed by atoms with Crippen molar-refractivity contribution < 1.29 is 9.53 Å². The molecule has 3 aromatic rings. The minimum absolute atomic E-state index is 0.0307. The Bertz CT molecular complexity index is 1120. The van der Waals surface area contributed by atoms with Crippen molar-refractivity contribution in [2.24, 2.45) is 4.99 Å². The third-order valence-electron chi connectivity index (χ3n) is 5.40. The molecule has 1 amide bonds. The smallest absolute Gasteiger partial charge is 0.253 e. The van der Waals surface area contributed by atoms with Gasteiger partial charge in [0.05, 0.1) is 5.56 Å². The maximum Gasteiger partial charge on any atom is 0.253 e. The van der Waals surface area contributed by atoms with Gasteiger partial charge in [-0.1, -0.05) is 35.9 Å². The van der Waals surface area contributed by atoms with Crippen molar-refractivity contribution in [2.75, 3.05) is 26.2 Å². The molecule has 2 aliphatic heterocycles. The molecule has 3 aromatic carbocycles. The molecule has 0 spiro atoms. The van der Waals surface area contributed by atoms with E-state index in [2.05, 4.69) is 4.90 Å². The van der Waals surface area contributed by atoms with Crippen LogP contribution >= 0.6 is 11.6 Å². The Morgan fingerprint density at radius 3 is 2.27 bits per heavy atom. The molecule has 0 saturated carbocycles. The number of hydrogen-bond acceptors (Lipinski definition) is 4. The molecule has 1 saturated heterocycles. The maximum absolute atomic E-state index is 12.8. The second-order valence-electron chi connectivity index (χ2n) is 7.29. The quantitative estimate of drug-likeness (QED) is 0.560. The summed E-state index contributed by atoms with van der Waals surface area (Å²) in [4.78, 5) is 21.9. The number of para-hydroxylation sites is 3. The van der Waals surface area contributed by atoms with Gasteiger partial charge in [-0.25, -0.2) is 4.99 Å². The fourth-order valence-electron chi connectivity index (χ4n) is 3.81. The molecule has 0 bridgehead atoms. The molecule has 5 rings (SSSR count). The van der Waals surface area contributed by atoms with Crippen LogP contribution in [0.3, 0.4) is 0 Å². The van der Waals surface area contributed by atoms with Gasteiger partial charge in [-0.05, 0) is 48.5 Å². The van der Waals surface area contributed by atoms with Crippen LogP contribution in [0.5, 0.6) is 11.5 Å². The second kappa shape index (κ2) is 7.84. The predicted molar refractivity (Wildman–Crippen MR) is 118 cm³/mol. The van der Waals surface area contributed by atoms with E-state index in [1.54, 1.807) is 24.3 Å². The summed E-state index contributed by atoms with van der Waals surface area (Å²) in [5.41, 5.74) is 2.43. The molecule has 150 valence electrons. The van der Waals surface area contributed by atoms with Crippen molar-refractivity contribution >= 4 is 29.0 Å². The Morgan fingerprint density at radius 1 is 0.833 bits per heavy atom. The van der Waals surface area contributed by atoms with E-state index in [0.717, 1.165) is 28.6 Å². The summed E-state index contributed by atoms with van der Waals surface area (Å²) in [5.74, 6) is 2.45. The Labute approximate surface area is 180 Å². The molecule has 2 aliphatic rings. The number of rotatable bonds is 1. The number of halogens is 1. The third kappa shape index (κ3) is 3.53. The van der Waals surface area contributed by atoms with Gasteiger partial charge in [-0.15, -0.1) is 0 Å². The fourth-order valence-corrected chi connectivity index (χ4v) is 3.93. The van der Waals surface area contributed by atoms with Gasteiger partial charge in [0.1, 0.15) is 17.3 Å². The number of nitrogens with zero attached hydrogens (tertiary/aromatic N) is 3. The number of piperazine rings is 1. The average Bonchev–Trinajstić information content (AvgIpc) is 2.96. The Kier molecular flexibility index (Phi) is 4.89. The molecule has 5 nitrogen and oxygen atoms in total. The summed E-state index contributed by atoms with van der Waals surface area (Å²) >= 11 is 5.94. The molecular weight excluding hydrogens is 398 g/mol. The third-order valence-corrected chi connectivity index (χ3v) is 5.65. The van der Waals surface area contributed by atoms with Crippen molar-refractivity contribution in [2.45, 2.75) is 0 Å². The number of benzene rings is 3. The lowest BCUT2D eigenvalue weighted by atomic mass is 10.1. The fraction of sp³-hybridized carbons (Fsp3) is 0.167. The van der Waals surface area contributed by atoms with Gasteiger partial charge in [-0.3, -0.25) is 4.79 Å². The van der Waals surface area contributed by atoms with Crippen LogP contribution in [0, 0.1) is 0 Å². The standard InChI is InChI=1S/C24H20ClN3O2/c25-18-11-9-17(10-12-18)24(29)28-15-13-27(14-16-28)23-19-5-1-3-7-21(19)30-22-8-4-2-6-20(22)26-23/h1-12H,13-16H2. The number of hydrogen-bond donors (Lipinski definition) is 0. The highest BCUT2D eigenvalue weighted by molar-refractivity contribution is 6.30. The van der Waals surface area contributed by atoms with Gasteiger partial charge in [0.15, 0.2) is 5.75 Å². The number of ether oxygens (including phenoxy) is 1. The summed E-state index contributed by atoms with van der Waals surface area (Å²) in [7, 11) is 0. The van der Waals surface area contributed by atoms with Gasteiger partial charge in [0.25, 0.3) is 5.91 Å². The number of carbonyl (C=O) groups is 1. The molecule has 0 aliphatic carbocycles. The Morgan fingerprint density at radius 2 is 1.50 bits per heavy atom. The summed E-state index contributed by atoms with van der Waals surface area (Å²) in [6.45, 7) is 2.67. The first kappa shape index (κ1) is 18.7. The summed E-state index contributed by atoms with van der Waals surface area (Å²) in [6.07, 6.45) is 0. The minimum Gasteiger partial charge on any atom is -0.454 e. The van der Waals surface area contributed by atoms with Crippen molar-refractivity contribution in [3.63, 3.8) is 0 Å². The second-order valence-corrected chi connectivity index (χ2v) is 7.72. The van der Waals surface area contributed by atoms with Crippen LogP contribution in [0.15, 0.2) is 77.8 Å². The Balaban J connectivity index is 1.39. The van der Waals surface area contributed by atoms with Gasteiger partial charge in [0, 0.05) is 36.8 Å². The van der Waals surface area contributed by atoms with E-state index in [1.165, 1.54) is 0 Å². The van der Waals surface area contributed by atoms with Crippen LogP contribution in [-0.4, -0.2) is 47.7 Å². The first-order valence-electron chi connectivity index (χ1n) is 9.94. The topological polar surface area (TPSA) is 45.1 Å². The summed E-state index contributed by atoms with van der Waals surface area (Å²) in [5, 5.41) is 0.629. The van der Waals surface area contributed by atoms with Crippen LogP contribution in [0.25, 0.3) is 0 Å². The predicted octanol–water partition coefficient (Wildman–Crippen LogP) is 4.98. The lowest BCUT2D eigenvalue weighted by Gasteiger charge is -2.36. The summed E-state index contributed by atoms with van der Waals surface area (Å²) < 4.78 is 6.13. The van der Waals surface area contributed by atoms with Crippen LogP contribution in [0.2, 0.25) is 5.02 Å². The van der Waals surface area contributed by atoms with Gasteiger partial charge < -0.3 is 14.5 Å². The van der Waals surface area contributed by atoms with Crippen molar-refractivity contribution in [3.05, 3.63) is 88.9 Å². The van der Waals surface area contributed by atoms with E-state index in [1.807, 2.05) is 53.4 Å². The molecule has 2 heterocycles. The van der Waals surface area contributed by atoms with Gasteiger partial charge in [-0.2, -0.15) is 0 Å². The van der Waals surface area contributed by atoms with E-state index >= 15 is 0 Å². The monoisotopic (exact) mass is 417 g/mol. The van der Waals surface area contributed by atoms with E-state index < -0.39 is 0 Å². The number of carbonyl (C=O) groups excluding carboxylic acids is 1. The highest BCUT2D eigenvalue weighted by Crippen LogP contribution is 2.37. The van der Waals surface area contributed by atoms with Crippen molar-refractivity contribution in [1.29, 1.82) is 0 Å². The first-order chi connectivity index (χ1) is 14.7. The van der Waals surface area contributed by atoms with Gasteiger partial charge >= 0.3 is 0 Å². The molecule has 0 radical (unpaired) electrons. The number of aliphatic imine (C=N–C) groups is 1. The van der Waals surface area contributed by atoms with E-state index in [4.69, 9.17) is 21.3 Å². The van der Waals surface area contributed by atoms with Crippen molar-refractivity contribution in [1.82, 2.24) is 9.80 Å². The molecule has 6 heteroatoms. The molecule has 0 atom stereocenters. The van der Waals surface area contributed by atoms with Crippen LogP contribution in [0.4, 0.5) is 5.69 Å². The van der Waals surface area contributed by atoms with E-state index in [9.17, 15) is 4.79 Å². The average molecular weight is 418 g/mol. The lowest BCUT2D eigenvalue weighted by molar-refractivity contribution is 0.0692. The first-order valence-corrected chi connectivity index (χ1v) is 10.3. The zero-order valence-electron chi connectivity index (χ0n) is 16.3. The number of fused-ring (bicyclic) bond motifs is 2. The number of amidine groups is 1. The summed E-state index contributed by atoms with van der Waals surface area (Å²) in [6, 6.07) is 22.8.